The van der Waals surface area contributed by atoms with E-state index in [1.165, 1.54) is 7.11 Å². The fourth-order valence-electron chi connectivity index (χ4n) is 1.89. The average Bonchev–Trinajstić information content (AvgIpc) is 2.41. The molecule has 1 rings (SSSR count). The molecule has 1 aromatic carbocycles. The van der Waals surface area contributed by atoms with Crippen LogP contribution >= 0.6 is 15.9 Å². The van der Waals surface area contributed by atoms with Crippen molar-refractivity contribution in [2.24, 2.45) is 5.92 Å². The highest BCUT2D eigenvalue weighted by molar-refractivity contribution is 9.10. The lowest BCUT2D eigenvalue weighted by Crippen LogP contribution is -2.11. The lowest BCUT2D eigenvalue weighted by atomic mass is 9.96. The van der Waals surface area contributed by atoms with Crippen LogP contribution in [0.15, 0.2) is 40.9 Å². The van der Waals surface area contributed by atoms with Gasteiger partial charge >= 0.3 is 5.97 Å². The standard InChI is InChI=1S/C15H19BrO3/c1-11(7-6-10-14(17)18-2)15(19-3)12-8-4-5-9-13(12)16/h4-9,11,15H,10H2,1-3H3/b7-6+/t11-,15+/m1/s1. The molecule has 104 valence electrons. The number of benzene rings is 1. The number of hydrogen-bond donors (Lipinski definition) is 0. The zero-order valence-corrected chi connectivity index (χ0v) is 13.0. The monoisotopic (exact) mass is 326 g/mol. The number of esters is 1. The number of rotatable bonds is 6. The highest BCUT2D eigenvalue weighted by Crippen LogP contribution is 2.31. The van der Waals surface area contributed by atoms with Crippen molar-refractivity contribution in [1.82, 2.24) is 0 Å². The maximum absolute atomic E-state index is 11.0. The van der Waals surface area contributed by atoms with E-state index in [1.54, 1.807) is 7.11 Å². The van der Waals surface area contributed by atoms with Crippen molar-refractivity contribution in [3.63, 3.8) is 0 Å². The first-order valence-electron chi connectivity index (χ1n) is 6.10. The largest absolute Gasteiger partial charge is 0.469 e. The summed E-state index contributed by atoms with van der Waals surface area (Å²) in [5.74, 6) is -0.0772. The molecule has 0 aliphatic heterocycles. The molecule has 0 N–H and O–H groups in total. The van der Waals surface area contributed by atoms with Gasteiger partial charge in [0, 0.05) is 17.5 Å². The van der Waals surface area contributed by atoms with Gasteiger partial charge in [0.1, 0.15) is 0 Å². The number of carbonyl (C=O) groups is 1. The van der Waals surface area contributed by atoms with Gasteiger partial charge in [0.25, 0.3) is 0 Å². The fourth-order valence-corrected chi connectivity index (χ4v) is 2.40. The first-order chi connectivity index (χ1) is 9.10. The van der Waals surface area contributed by atoms with E-state index in [0.29, 0.717) is 0 Å². The topological polar surface area (TPSA) is 35.5 Å². The molecule has 0 aromatic heterocycles. The highest BCUT2D eigenvalue weighted by Gasteiger charge is 2.18. The van der Waals surface area contributed by atoms with Crippen molar-refractivity contribution in [3.05, 3.63) is 46.5 Å². The van der Waals surface area contributed by atoms with Gasteiger partial charge in [-0.05, 0) is 11.6 Å². The van der Waals surface area contributed by atoms with Crippen LogP contribution < -0.4 is 0 Å². The summed E-state index contributed by atoms with van der Waals surface area (Å²) in [6.07, 6.45) is 4.03. The Hall–Kier alpha value is -1.13. The minimum absolute atomic E-state index is 0.0514. The third kappa shape index (κ3) is 4.80. The number of hydrogen-bond acceptors (Lipinski definition) is 3. The summed E-state index contributed by atoms with van der Waals surface area (Å²) in [7, 11) is 3.08. The second kappa shape index (κ2) is 8.12. The summed E-state index contributed by atoms with van der Waals surface area (Å²) in [6.45, 7) is 2.06. The van der Waals surface area contributed by atoms with Gasteiger partial charge in [0.05, 0.1) is 19.6 Å². The van der Waals surface area contributed by atoms with Crippen molar-refractivity contribution in [2.45, 2.75) is 19.4 Å². The average molecular weight is 327 g/mol. The van der Waals surface area contributed by atoms with Crippen molar-refractivity contribution < 1.29 is 14.3 Å². The zero-order valence-electron chi connectivity index (χ0n) is 11.4. The number of halogens is 1. The molecule has 3 nitrogen and oxygen atoms in total. The molecule has 0 saturated heterocycles. The van der Waals surface area contributed by atoms with Crippen LogP contribution in [0.2, 0.25) is 0 Å². The molecule has 0 unspecified atom stereocenters. The molecule has 4 heteroatoms. The molecule has 0 amide bonds. The second-order valence-electron chi connectivity index (χ2n) is 4.25. The number of carbonyl (C=O) groups excluding carboxylic acids is 1. The molecular weight excluding hydrogens is 308 g/mol. The SMILES string of the molecule is COC(=O)C/C=C/[C@@H](C)[C@H](OC)c1ccccc1Br. The molecule has 0 heterocycles. The van der Waals surface area contributed by atoms with Crippen LogP contribution in [0, 0.1) is 5.92 Å². The van der Waals surface area contributed by atoms with Gasteiger partial charge in [-0.15, -0.1) is 0 Å². The van der Waals surface area contributed by atoms with Crippen molar-refractivity contribution >= 4 is 21.9 Å². The van der Waals surface area contributed by atoms with Crippen molar-refractivity contribution in [2.75, 3.05) is 14.2 Å². The molecule has 0 saturated carbocycles. The van der Waals surface area contributed by atoms with Crippen LogP contribution in [0.25, 0.3) is 0 Å². The van der Waals surface area contributed by atoms with E-state index in [4.69, 9.17) is 4.74 Å². The minimum atomic E-state index is -0.238. The minimum Gasteiger partial charge on any atom is -0.469 e. The Labute approximate surface area is 122 Å². The molecule has 0 bridgehead atoms. The fraction of sp³-hybridized carbons (Fsp3) is 0.400. The van der Waals surface area contributed by atoms with Gasteiger partial charge in [-0.25, -0.2) is 0 Å². The van der Waals surface area contributed by atoms with Crippen LogP contribution in [0.1, 0.15) is 25.0 Å². The Morgan fingerprint density at radius 2 is 2.05 bits per heavy atom. The van der Waals surface area contributed by atoms with Gasteiger partial charge < -0.3 is 9.47 Å². The Kier molecular flexibility index (Phi) is 6.81. The van der Waals surface area contributed by atoms with E-state index in [0.717, 1.165) is 10.0 Å². The molecule has 0 aliphatic rings. The predicted octanol–water partition coefficient (Wildman–Crippen LogP) is 3.89. The molecule has 1 aromatic rings. The lowest BCUT2D eigenvalue weighted by molar-refractivity contribution is -0.139. The van der Waals surface area contributed by atoms with Gasteiger partial charge in [-0.1, -0.05) is 53.2 Å². The van der Waals surface area contributed by atoms with E-state index in [9.17, 15) is 4.79 Å². The number of ether oxygens (including phenoxy) is 2. The predicted molar refractivity (Wildman–Crippen MR) is 78.8 cm³/mol. The molecule has 0 spiro atoms. The summed E-state index contributed by atoms with van der Waals surface area (Å²) in [5, 5.41) is 0. The summed E-state index contributed by atoms with van der Waals surface area (Å²) >= 11 is 3.53. The van der Waals surface area contributed by atoms with Crippen LogP contribution in [0.4, 0.5) is 0 Å². The maximum atomic E-state index is 11.0. The first-order valence-corrected chi connectivity index (χ1v) is 6.90. The first kappa shape index (κ1) is 15.9. The third-order valence-electron chi connectivity index (χ3n) is 2.90. The molecule has 0 radical (unpaired) electrons. The Balaban J connectivity index is 2.75. The lowest BCUT2D eigenvalue weighted by Gasteiger charge is -2.21. The van der Waals surface area contributed by atoms with E-state index in [1.807, 2.05) is 36.4 Å². The molecular formula is C15H19BrO3. The maximum Gasteiger partial charge on any atom is 0.309 e. The Bertz CT molecular complexity index is 443. The zero-order chi connectivity index (χ0) is 14.3. The van der Waals surface area contributed by atoms with E-state index in [2.05, 4.69) is 27.6 Å². The van der Waals surface area contributed by atoms with Crippen LogP contribution in [-0.4, -0.2) is 20.2 Å². The van der Waals surface area contributed by atoms with Crippen molar-refractivity contribution in [3.8, 4) is 0 Å². The van der Waals surface area contributed by atoms with Crippen molar-refractivity contribution in [1.29, 1.82) is 0 Å². The van der Waals surface area contributed by atoms with Gasteiger partial charge in [0.2, 0.25) is 0 Å². The number of methoxy groups -OCH3 is 2. The van der Waals surface area contributed by atoms with E-state index < -0.39 is 0 Å². The van der Waals surface area contributed by atoms with E-state index >= 15 is 0 Å². The molecule has 0 fully saturated rings. The van der Waals surface area contributed by atoms with E-state index in [-0.39, 0.29) is 24.4 Å². The van der Waals surface area contributed by atoms with Crippen LogP contribution in [0.3, 0.4) is 0 Å². The normalized spacial score (nSPS) is 14.3. The summed E-state index contributed by atoms with van der Waals surface area (Å²) in [4.78, 5) is 11.0. The Morgan fingerprint density at radius 1 is 1.37 bits per heavy atom. The Morgan fingerprint density at radius 3 is 2.63 bits per heavy atom. The molecule has 0 aliphatic carbocycles. The third-order valence-corrected chi connectivity index (χ3v) is 3.62. The summed E-state index contributed by atoms with van der Waals surface area (Å²) < 4.78 is 11.2. The summed E-state index contributed by atoms with van der Waals surface area (Å²) in [5.41, 5.74) is 1.10. The second-order valence-corrected chi connectivity index (χ2v) is 5.10. The van der Waals surface area contributed by atoms with Gasteiger partial charge in [-0.2, -0.15) is 0 Å². The van der Waals surface area contributed by atoms with Crippen LogP contribution in [-0.2, 0) is 14.3 Å². The molecule has 2 atom stereocenters. The quantitative estimate of drug-likeness (QED) is 0.587. The smallest absolute Gasteiger partial charge is 0.309 e. The molecule has 19 heavy (non-hydrogen) atoms. The summed E-state index contributed by atoms with van der Waals surface area (Å²) in [6, 6.07) is 7.98. The highest BCUT2D eigenvalue weighted by atomic mass is 79.9. The van der Waals surface area contributed by atoms with Gasteiger partial charge in [0.15, 0.2) is 0 Å². The van der Waals surface area contributed by atoms with Gasteiger partial charge in [-0.3, -0.25) is 4.79 Å². The van der Waals surface area contributed by atoms with Crippen LogP contribution in [0.5, 0.6) is 0 Å².